The first-order valence-corrected chi connectivity index (χ1v) is 4.95. The maximum atomic E-state index is 11.8. The summed E-state index contributed by atoms with van der Waals surface area (Å²) in [6.07, 6.45) is 2.83. The Morgan fingerprint density at radius 2 is 2.29 bits per heavy atom. The van der Waals surface area contributed by atoms with Crippen LogP contribution in [0.4, 0.5) is 0 Å². The van der Waals surface area contributed by atoms with E-state index in [9.17, 15) is 14.4 Å². The van der Waals surface area contributed by atoms with Gasteiger partial charge in [-0.1, -0.05) is 0 Å². The molecule has 0 aromatic carbocycles. The van der Waals surface area contributed by atoms with Gasteiger partial charge in [0.15, 0.2) is 0 Å². The molecule has 6 heteroatoms. The fraction of sp³-hybridized carbons (Fsp3) is 0.182. The summed E-state index contributed by atoms with van der Waals surface area (Å²) < 4.78 is 5.03. The average molecular weight is 234 g/mol. The Morgan fingerprint density at radius 3 is 2.88 bits per heavy atom. The summed E-state index contributed by atoms with van der Waals surface area (Å²) in [5, 5.41) is 2.41. The maximum Gasteiger partial charge on any atom is 0.277 e. The van der Waals surface area contributed by atoms with Crippen molar-refractivity contribution in [2.45, 2.75) is 6.92 Å². The second kappa shape index (κ2) is 4.25. The first kappa shape index (κ1) is 11.1. The van der Waals surface area contributed by atoms with Gasteiger partial charge in [-0.25, -0.2) is 0 Å². The Hall–Kier alpha value is -2.37. The van der Waals surface area contributed by atoms with E-state index in [0.717, 1.165) is 4.90 Å². The molecule has 1 aliphatic heterocycles. The molecule has 0 aliphatic carbocycles. The minimum atomic E-state index is -0.534. The number of carbonyl (C=O) groups excluding carboxylic acids is 3. The lowest BCUT2D eigenvalue weighted by molar-refractivity contribution is -0.147. The molecule has 6 nitrogen and oxygen atoms in total. The summed E-state index contributed by atoms with van der Waals surface area (Å²) in [6.45, 7) is 0.991. The molecule has 0 unspecified atom stereocenters. The van der Waals surface area contributed by atoms with E-state index in [4.69, 9.17) is 4.42 Å². The minimum absolute atomic E-state index is 0.0337. The Morgan fingerprint density at radius 1 is 1.53 bits per heavy atom. The van der Waals surface area contributed by atoms with Crippen molar-refractivity contribution in [1.82, 2.24) is 10.2 Å². The summed E-state index contributed by atoms with van der Waals surface area (Å²) in [5.41, 5.74) is 0.0337. The standard InChI is InChI=1S/C11H10N2O4/c1-7(14)13-6-10(15)12-9(11(13)16)5-8-3-2-4-17-8/h2-5H,6H2,1H3,(H,12,15)/b9-5+. The largest absolute Gasteiger partial charge is 0.465 e. The number of rotatable bonds is 1. The zero-order valence-corrected chi connectivity index (χ0v) is 9.10. The smallest absolute Gasteiger partial charge is 0.277 e. The van der Waals surface area contributed by atoms with Crippen LogP contribution in [0, 0.1) is 0 Å². The molecular formula is C11H10N2O4. The van der Waals surface area contributed by atoms with Crippen LogP contribution in [0.1, 0.15) is 12.7 Å². The van der Waals surface area contributed by atoms with Crippen molar-refractivity contribution in [3.8, 4) is 0 Å². The van der Waals surface area contributed by atoms with Crippen LogP contribution in [0.25, 0.3) is 6.08 Å². The zero-order valence-electron chi connectivity index (χ0n) is 9.10. The van der Waals surface area contributed by atoms with E-state index in [-0.39, 0.29) is 12.2 Å². The third-order valence-corrected chi connectivity index (χ3v) is 2.26. The van der Waals surface area contributed by atoms with Crippen LogP contribution >= 0.6 is 0 Å². The van der Waals surface area contributed by atoms with Crippen LogP contribution in [0.5, 0.6) is 0 Å². The number of nitrogens with one attached hydrogen (secondary N) is 1. The van der Waals surface area contributed by atoms with Gasteiger partial charge in [-0.15, -0.1) is 0 Å². The first-order valence-electron chi connectivity index (χ1n) is 4.95. The number of nitrogens with zero attached hydrogens (tertiary/aromatic N) is 1. The van der Waals surface area contributed by atoms with Gasteiger partial charge in [-0.2, -0.15) is 0 Å². The molecule has 0 bridgehead atoms. The van der Waals surface area contributed by atoms with Crippen molar-refractivity contribution >= 4 is 23.8 Å². The summed E-state index contributed by atoms with van der Waals surface area (Å²) >= 11 is 0. The van der Waals surface area contributed by atoms with Crippen LogP contribution in [0.15, 0.2) is 28.5 Å². The minimum Gasteiger partial charge on any atom is -0.465 e. The monoisotopic (exact) mass is 234 g/mol. The van der Waals surface area contributed by atoms with Gasteiger partial charge in [-0.3, -0.25) is 19.3 Å². The molecule has 1 saturated heterocycles. The van der Waals surface area contributed by atoms with Crippen molar-refractivity contribution in [1.29, 1.82) is 0 Å². The molecule has 2 rings (SSSR count). The molecule has 3 amide bonds. The van der Waals surface area contributed by atoms with E-state index in [2.05, 4.69) is 5.32 Å². The molecule has 1 aromatic heterocycles. The second-order valence-electron chi connectivity index (χ2n) is 3.53. The summed E-state index contributed by atoms with van der Waals surface area (Å²) in [5.74, 6) is -0.972. The van der Waals surface area contributed by atoms with Crippen LogP contribution < -0.4 is 5.32 Å². The number of imide groups is 1. The van der Waals surface area contributed by atoms with Crippen molar-refractivity contribution in [3.05, 3.63) is 29.9 Å². The lowest BCUT2D eigenvalue weighted by Gasteiger charge is -2.25. The Labute approximate surface area is 96.9 Å². The Bertz CT molecular complexity index is 502. The molecule has 0 radical (unpaired) electrons. The van der Waals surface area contributed by atoms with Gasteiger partial charge in [0.1, 0.15) is 18.0 Å². The summed E-state index contributed by atoms with van der Waals surface area (Å²) in [7, 11) is 0. The van der Waals surface area contributed by atoms with Crippen LogP contribution in [0.3, 0.4) is 0 Å². The van der Waals surface area contributed by atoms with Crippen LogP contribution in [-0.4, -0.2) is 29.2 Å². The number of furan rings is 1. The SMILES string of the molecule is CC(=O)N1CC(=O)N/C(=C/c2ccco2)C1=O. The maximum absolute atomic E-state index is 11.8. The Balaban J connectivity index is 2.31. The number of hydrogen-bond acceptors (Lipinski definition) is 4. The zero-order chi connectivity index (χ0) is 12.4. The third kappa shape index (κ3) is 2.25. The van der Waals surface area contributed by atoms with Crippen LogP contribution in [-0.2, 0) is 14.4 Å². The van der Waals surface area contributed by atoms with Gasteiger partial charge in [-0.05, 0) is 12.1 Å². The van der Waals surface area contributed by atoms with Gasteiger partial charge in [0.2, 0.25) is 11.8 Å². The molecule has 0 atom stereocenters. The van der Waals surface area contributed by atoms with E-state index in [1.54, 1.807) is 12.1 Å². The second-order valence-corrected chi connectivity index (χ2v) is 3.53. The van der Waals surface area contributed by atoms with Gasteiger partial charge < -0.3 is 9.73 Å². The average Bonchev–Trinajstić information content (AvgIpc) is 2.75. The topological polar surface area (TPSA) is 79.6 Å². The third-order valence-electron chi connectivity index (χ3n) is 2.26. The molecule has 1 N–H and O–H groups in total. The van der Waals surface area contributed by atoms with E-state index >= 15 is 0 Å². The summed E-state index contributed by atoms with van der Waals surface area (Å²) in [4.78, 5) is 35.2. The van der Waals surface area contributed by atoms with Gasteiger partial charge >= 0.3 is 0 Å². The van der Waals surface area contributed by atoms with Crippen LogP contribution in [0.2, 0.25) is 0 Å². The molecular weight excluding hydrogens is 224 g/mol. The molecule has 0 spiro atoms. The number of carbonyl (C=O) groups is 3. The van der Waals surface area contributed by atoms with Crippen molar-refractivity contribution in [2.24, 2.45) is 0 Å². The quantitative estimate of drug-likeness (QED) is 0.700. The molecule has 1 fully saturated rings. The predicted molar refractivity (Wildman–Crippen MR) is 57.2 cm³/mol. The fourth-order valence-corrected chi connectivity index (χ4v) is 1.47. The van der Waals surface area contributed by atoms with Crippen molar-refractivity contribution in [3.63, 3.8) is 0 Å². The molecule has 1 aliphatic rings. The number of amides is 3. The first-order chi connectivity index (χ1) is 8.08. The molecule has 0 saturated carbocycles. The number of hydrogen-bond donors (Lipinski definition) is 1. The molecule has 17 heavy (non-hydrogen) atoms. The molecule has 2 heterocycles. The predicted octanol–water partition coefficient (Wildman–Crippen LogP) is 0.125. The van der Waals surface area contributed by atoms with Gasteiger partial charge in [0.05, 0.1) is 6.26 Å². The fourth-order valence-electron chi connectivity index (χ4n) is 1.47. The number of piperazine rings is 1. The lowest BCUT2D eigenvalue weighted by Crippen LogP contribution is -2.51. The van der Waals surface area contributed by atoms with Crippen molar-refractivity contribution in [2.75, 3.05) is 6.54 Å². The summed E-state index contributed by atoms with van der Waals surface area (Å²) in [6, 6.07) is 3.30. The highest BCUT2D eigenvalue weighted by atomic mass is 16.3. The highest BCUT2D eigenvalue weighted by Gasteiger charge is 2.30. The Kier molecular flexibility index (Phi) is 2.78. The van der Waals surface area contributed by atoms with Gasteiger partial charge in [0.25, 0.3) is 5.91 Å². The van der Waals surface area contributed by atoms with E-state index in [1.807, 2.05) is 0 Å². The van der Waals surface area contributed by atoms with Gasteiger partial charge in [0, 0.05) is 13.0 Å². The van der Waals surface area contributed by atoms with E-state index < -0.39 is 17.7 Å². The van der Waals surface area contributed by atoms with Crippen molar-refractivity contribution < 1.29 is 18.8 Å². The highest BCUT2D eigenvalue weighted by Crippen LogP contribution is 2.11. The lowest BCUT2D eigenvalue weighted by atomic mass is 10.2. The highest BCUT2D eigenvalue weighted by molar-refractivity contribution is 6.12. The van der Waals surface area contributed by atoms with E-state index in [1.165, 1.54) is 19.3 Å². The van der Waals surface area contributed by atoms with E-state index in [0.29, 0.717) is 5.76 Å². The normalized spacial score (nSPS) is 18.4. The molecule has 88 valence electrons. The molecule has 1 aromatic rings.